The summed E-state index contributed by atoms with van der Waals surface area (Å²) >= 11 is 0. The van der Waals surface area contributed by atoms with Gasteiger partial charge < -0.3 is 4.90 Å². The average Bonchev–Trinajstić information content (AvgIpc) is 2.54. The average molecular weight is 304 g/mol. The van der Waals surface area contributed by atoms with Crippen molar-refractivity contribution in [3.05, 3.63) is 0 Å². The van der Waals surface area contributed by atoms with E-state index in [2.05, 4.69) is 12.2 Å². The van der Waals surface area contributed by atoms with E-state index in [9.17, 15) is 13.2 Å². The van der Waals surface area contributed by atoms with Crippen LogP contribution in [0.2, 0.25) is 0 Å². The van der Waals surface area contributed by atoms with E-state index in [0.29, 0.717) is 6.42 Å². The third kappa shape index (κ3) is 3.17. The molecule has 0 radical (unpaired) electrons. The molecular formula is C14H28N2O3S. The Morgan fingerprint density at radius 2 is 1.90 bits per heavy atom. The van der Waals surface area contributed by atoms with Crippen LogP contribution >= 0.6 is 0 Å². The topological polar surface area (TPSA) is 66.5 Å². The lowest BCUT2D eigenvalue weighted by atomic mass is 9.99. The van der Waals surface area contributed by atoms with E-state index < -0.39 is 20.1 Å². The third-order valence-electron chi connectivity index (χ3n) is 4.42. The second-order valence-corrected chi connectivity index (χ2v) is 9.25. The molecular weight excluding hydrogens is 276 g/mol. The molecule has 0 saturated carbocycles. The Morgan fingerprint density at radius 3 is 2.30 bits per heavy atom. The zero-order valence-electron chi connectivity index (χ0n) is 13.5. The smallest absolute Gasteiger partial charge is 0.243 e. The minimum atomic E-state index is -3.22. The molecule has 1 fully saturated rings. The summed E-state index contributed by atoms with van der Waals surface area (Å²) in [5.74, 6) is 0.00942. The van der Waals surface area contributed by atoms with Crippen molar-refractivity contribution in [3.63, 3.8) is 0 Å². The van der Waals surface area contributed by atoms with Crippen LogP contribution in [0.15, 0.2) is 0 Å². The second-order valence-electron chi connectivity index (χ2n) is 6.60. The molecule has 1 heterocycles. The predicted octanol–water partition coefficient (Wildman–Crippen LogP) is 1.54. The van der Waals surface area contributed by atoms with Gasteiger partial charge in [-0.25, -0.2) is 8.42 Å². The molecule has 1 aliphatic rings. The maximum atomic E-state index is 12.6. The summed E-state index contributed by atoms with van der Waals surface area (Å²) in [6, 6.07) is 0. The van der Waals surface area contributed by atoms with Gasteiger partial charge in [0.15, 0.2) is 9.84 Å². The van der Waals surface area contributed by atoms with Crippen LogP contribution in [-0.2, 0) is 14.6 Å². The number of hydrogen-bond donors (Lipinski definition) is 1. The van der Waals surface area contributed by atoms with E-state index in [1.54, 1.807) is 18.7 Å². The summed E-state index contributed by atoms with van der Waals surface area (Å²) in [5, 5.41) is 3.37. The summed E-state index contributed by atoms with van der Waals surface area (Å²) in [6.45, 7) is 9.52. The second kappa shape index (κ2) is 5.64. The van der Waals surface area contributed by atoms with Gasteiger partial charge in [-0.05, 0) is 33.6 Å². The minimum absolute atomic E-state index is 0.00942. The van der Waals surface area contributed by atoms with Crippen LogP contribution in [-0.4, -0.2) is 48.5 Å². The number of nitrogens with one attached hydrogen (secondary N) is 1. The molecule has 1 saturated heterocycles. The normalized spacial score (nSPS) is 28.2. The minimum Gasteiger partial charge on any atom is -0.324 e. The number of sulfone groups is 1. The van der Waals surface area contributed by atoms with Gasteiger partial charge >= 0.3 is 0 Å². The number of hydrogen-bond acceptors (Lipinski definition) is 4. The monoisotopic (exact) mass is 304 g/mol. The van der Waals surface area contributed by atoms with Gasteiger partial charge in [-0.1, -0.05) is 20.3 Å². The van der Waals surface area contributed by atoms with Crippen molar-refractivity contribution in [2.24, 2.45) is 0 Å². The molecule has 1 rings (SSSR count). The maximum absolute atomic E-state index is 12.6. The van der Waals surface area contributed by atoms with Crippen LogP contribution in [0.1, 0.15) is 53.9 Å². The lowest BCUT2D eigenvalue weighted by Gasteiger charge is -2.32. The van der Waals surface area contributed by atoms with Crippen molar-refractivity contribution in [3.8, 4) is 0 Å². The van der Waals surface area contributed by atoms with Crippen molar-refractivity contribution >= 4 is 15.7 Å². The Labute approximate surface area is 123 Å². The van der Waals surface area contributed by atoms with E-state index in [4.69, 9.17) is 0 Å². The lowest BCUT2D eigenvalue weighted by molar-refractivity contribution is -0.133. The van der Waals surface area contributed by atoms with Crippen molar-refractivity contribution < 1.29 is 13.2 Å². The van der Waals surface area contributed by atoms with Crippen LogP contribution in [0.25, 0.3) is 0 Å². The van der Waals surface area contributed by atoms with Crippen LogP contribution in [0, 0.1) is 0 Å². The molecule has 2 atom stereocenters. The Bertz CT molecular complexity index is 473. The molecule has 0 bridgehead atoms. The van der Waals surface area contributed by atoms with Crippen LogP contribution < -0.4 is 5.32 Å². The first-order valence-corrected chi connectivity index (χ1v) is 9.16. The Kier molecular flexibility index (Phi) is 4.91. The molecule has 0 spiro atoms. The summed E-state index contributed by atoms with van der Waals surface area (Å²) in [6.07, 6.45) is 3.64. The first kappa shape index (κ1) is 17.4. The fourth-order valence-corrected chi connectivity index (χ4v) is 2.80. The summed E-state index contributed by atoms with van der Waals surface area (Å²) in [5.41, 5.74) is -0.576. The predicted molar refractivity (Wildman–Crippen MR) is 81.2 cm³/mol. The third-order valence-corrected chi connectivity index (χ3v) is 6.56. The molecule has 1 aliphatic heterocycles. The fraction of sp³-hybridized carbons (Fsp3) is 0.929. The molecule has 0 aromatic heterocycles. The van der Waals surface area contributed by atoms with E-state index in [-0.39, 0.29) is 18.6 Å². The number of nitrogens with zero attached hydrogens (tertiary/aromatic N) is 1. The Balaban J connectivity index is 3.04. The van der Waals surface area contributed by atoms with Crippen molar-refractivity contribution in [2.75, 3.05) is 12.8 Å². The molecule has 1 amide bonds. The molecule has 1 N–H and O–H groups in total. The van der Waals surface area contributed by atoms with Gasteiger partial charge in [0.25, 0.3) is 0 Å². The summed E-state index contributed by atoms with van der Waals surface area (Å²) in [4.78, 5) is 14.3. The van der Waals surface area contributed by atoms with Crippen molar-refractivity contribution in [2.45, 2.75) is 70.3 Å². The van der Waals surface area contributed by atoms with Gasteiger partial charge in [0, 0.05) is 12.8 Å². The maximum Gasteiger partial charge on any atom is 0.243 e. The quantitative estimate of drug-likeness (QED) is 0.808. The van der Waals surface area contributed by atoms with Gasteiger partial charge in [-0.15, -0.1) is 0 Å². The number of amides is 1. The van der Waals surface area contributed by atoms with Gasteiger partial charge in [-0.3, -0.25) is 10.1 Å². The highest BCUT2D eigenvalue weighted by atomic mass is 32.2. The first-order valence-electron chi connectivity index (χ1n) is 7.27. The molecule has 118 valence electrons. The van der Waals surface area contributed by atoms with Crippen molar-refractivity contribution in [1.29, 1.82) is 0 Å². The van der Waals surface area contributed by atoms with E-state index in [0.717, 1.165) is 12.8 Å². The Morgan fingerprint density at radius 1 is 1.35 bits per heavy atom. The molecule has 6 heteroatoms. The molecule has 2 unspecified atom stereocenters. The molecule has 0 aliphatic carbocycles. The standard InChI is InChI=1S/C14H28N2O3S/c1-7-9-11-15-14(5,8-2)12(17)16(11)10-13(3,4)20(6,18)19/h11,15H,7-10H2,1-6H3. The highest BCUT2D eigenvalue weighted by molar-refractivity contribution is 7.92. The van der Waals surface area contributed by atoms with Gasteiger partial charge in [0.05, 0.1) is 16.5 Å². The van der Waals surface area contributed by atoms with E-state index in [1.807, 2.05) is 13.8 Å². The van der Waals surface area contributed by atoms with Crippen molar-refractivity contribution in [1.82, 2.24) is 10.2 Å². The zero-order valence-corrected chi connectivity index (χ0v) is 14.3. The summed E-state index contributed by atoms with van der Waals surface area (Å²) in [7, 11) is -3.22. The molecule has 0 aromatic rings. The molecule has 0 aromatic carbocycles. The molecule has 5 nitrogen and oxygen atoms in total. The SMILES string of the molecule is CCCC1NC(C)(CC)C(=O)N1CC(C)(C)S(C)(=O)=O. The van der Waals surface area contributed by atoms with Gasteiger partial charge in [0.1, 0.15) is 0 Å². The zero-order chi connectivity index (χ0) is 15.8. The summed E-state index contributed by atoms with van der Waals surface area (Å²) < 4.78 is 22.8. The number of carbonyl (C=O) groups is 1. The van der Waals surface area contributed by atoms with E-state index in [1.165, 1.54) is 6.26 Å². The largest absolute Gasteiger partial charge is 0.324 e. The van der Waals surface area contributed by atoms with Crippen LogP contribution in [0.5, 0.6) is 0 Å². The highest BCUT2D eigenvalue weighted by Crippen LogP contribution is 2.29. The highest BCUT2D eigenvalue weighted by Gasteiger charge is 2.48. The number of rotatable bonds is 6. The molecule has 20 heavy (non-hydrogen) atoms. The number of carbonyl (C=O) groups excluding carboxylic acids is 1. The van der Waals surface area contributed by atoms with Gasteiger partial charge in [0.2, 0.25) is 5.91 Å². The van der Waals surface area contributed by atoms with E-state index >= 15 is 0 Å². The fourth-order valence-electron chi connectivity index (χ4n) is 2.43. The lowest BCUT2D eigenvalue weighted by Crippen LogP contribution is -2.49. The van der Waals surface area contributed by atoms with Gasteiger partial charge in [-0.2, -0.15) is 0 Å². The van der Waals surface area contributed by atoms with Crippen LogP contribution in [0.4, 0.5) is 0 Å². The first-order chi connectivity index (χ1) is 8.98. The Hall–Kier alpha value is -0.620. The van der Waals surface area contributed by atoms with Crippen LogP contribution in [0.3, 0.4) is 0 Å².